The molecular weight excluding hydrogens is 246 g/mol. The molecule has 0 bridgehead atoms. The van der Waals surface area contributed by atoms with E-state index in [4.69, 9.17) is 28.3 Å². The van der Waals surface area contributed by atoms with Crippen LogP contribution in [0.4, 0.5) is 4.39 Å². The first-order valence-corrected chi connectivity index (χ1v) is 4.69. The van der Waals surface area contributed by atoms with Gasteiger partial charge in [0.05, 0.1) is 10.0 Å². The lowest BCUT2D eigenvalue weighted by Gasteiger charge is -2.12. The van der Waals surface area contributed by atoms with Crippen molar-refractivity contribution < 1.29 is 19.4 Å². The van der Waals surface area contributed by atoms with Crippen LogP contribution in [0.1, 0.15) is 11.7 Å². The molecule has 2 N–H and O–H groups in total. The summed E-state index contributed by atoms with van der Waals surface area (Å²) in [5.41, 5.74) is 0.0688. The highest BCUT2D eigenvalue weighted by atomic mass is 35.5. The van der Waals surface area contributed by atoms with Crippen LogP contribution < -0.4 is 0 Å². The molecule has 82 valence electrons. The largest absolute Gasteiger partial charge is 0.479 e. The van der Waals surface area contributed by atoms with Crippen molar-refractivity contribution in [3.63, 3.8) is 0 Å². The van der Waals surface area contributed by atoms with E-state index in [9.17, 15) is 14.3 Å². The Morgan fingerprint density at radius 3 is 2.40 bits per heavy atom. The first-order chi connectivity index (χ1) is 6.93. The fraction of sp³-hybridized carbons (Fsp3) is 0.222. The SMILES string of the molecule is O=C(O)C(F)C(O)c1ccc(Cl)c(Cl)c1. The number of hydrogen-bond donors (Lipinski definition) is 2. The van der Waals surface area contributed by atoms with Crippen molar-refractivity contribution in [2.45, 2.75) is 12.3 Å². The third kappa shape index (κ3) is 2.81. The van der Waals surface area contributed by atoms with E-state index in [1.165, 1.54) is 18.2 Å². The number of carbonyl (C=O) groups is 1. The molecule has 0 aromatic heterocycles. The topological polar surface area (TPSA) is 57.5 Å². The maximum Gasteiger partial charge on any atom is 0.341 e. The van der Waals surface area contributed by atoms with Gasteiger partial charge in [0, 0.05) is 0 Å². The number of alkyl halides is 1. The van der Waals surface area contributed by atoms with Gasteiger partial charge in [0.15, 0.2) is 0 Å². The fourth-order valence-electron chi connectivity index (χ4n) is 1.00. The van der Waals surface area contributed by atoms with Crippen LogP contribution in [0, 0.1) is 0 Å². The number of halogens is 3. The standard InChI is InChI=1S/C9H7Cl2FO3/c10-5-2-1-4(3-6(5)11)8(13)7(12)9(14)15/h1-3,7-8,13H,(H,14,15). The lowest BCUT2D eigenvalue weighted by atomic mass is 10.1. The van der Waals surface area contributed by atoms with Gasteiger partial charge in [0.25, 0.3) is 0 Å². The second kappa shape index (κ2) is 4.79. The van der Waals surface area contributed by atoms with Crippen LogP contribution in [-0.2, 0) is 4.79 Å². The minimum atomic E-state index is -2.39. The summed E-state index contributed by atoms with van der Waals surface area (Å²) in [5.74, 6) is -1.73. The van der Waals surface area contributed by atoms with Gasteiger partial charge in [-0.05, 0) is 17.7 Å². The molecule has 0 aliphatic carbocycles. The molecule has 2 atom stereocenters. The molecule has 2 unspecified atom stereocenters. The van der Waals surface area contributed by atoms with Crippen LogP contribution in [-0.4, -0.2) is 22.4 Å². The Morgan fingerprint density at radius 1 is 1.33 bits per heavy atom. The summed E-state index contributed by atoms with van der Waals surface area (Å²) in [6, 6.07) is 3.90. The molecule has 0 fully saturated rings. The van der Waals surface area contributed by atoms with Gasteiger partial charge >= 0.3 is 5.97 Å². The molecule has 0 heterocycles. The average Bonchev–Trinajstić information content (AvgIpc) is 2.19. The molecular formula is C9H7Cl2FO3. The van der Waals surface area contributed by atoms with Crippen LogP contribution in [0.25, 0.3) is 0 Å². The van der Waals surface area contributed by atoms with E-state index in [-0.39, 0.29) is 15.6 Å². The number of carboxylic acid groups (broad SMARTS) is 1. The molecule has 0 spiro atoms. The minimum Gasteiger partial charge on any atom is -0.479 e. The minimum absolute atomic E-state index is 0.0688. The lowest BCUT2D eigenvalue weighted by molar-refractivity contribution is -0.147. The van der Waals surface area contributed by atoms with Gasteiger partial charge in [-0.1, -0.05) is 29.3 Å². The van der Waals surface area contributed by atoms with Gasteiger partial charge in [0.2, 0.25) is 6.17 Å². The molecule has 1 aromatic rings. The number of aliphatic hydroxyl groups is 1. The second-order valence-electron chi connectivity index (χ2n) is 2.86. The third-order valence-corrected chi connectivity index (χ3v) is 2.54. The first kappa shape index (κ1) is 12.2. The summed E-state index contributed by atoms with van der Waals surface area (Å²) in [6.07, 6.45) is -4.14. The van der Waals surface area contributed by atoms with Crippen LogP contribution in [0.5, 0.6) is 0 Å². The van der Waals surface area contributed by atoms with E-state index >= 15 is 0 Å². The summed E-state index contributed by atoms with van der Waals surface area (Å²) in [4.78, 5) is 10.3. The lowest BCUT2D eigenvalue weighted by Crippen LogP contribution is -2.23. The Balaban J connectivity index is 2.96. The van der Waals surface area contributed by atoms with E-state index in [1.54, 1.807) is 0 Å². The van der Waals surface area contributed by atoms with E-state index in [1.807, 2.05) is 0 Å². The fourth-order valence-corrected chi connectivity index (χ4v) is 1.31. The Hall–Kier alpha value is -0.840. The first-order valence-electron chi connectivity index (χ1n) is 3.93. The van der Waals surface area contributed by atoms with E-state index in [0.717, 1.165) is 0 Å². The van der Waals surface area contributed by atoms with Crippen LogP contribution in [0.2, 0.25) is 10.0 Å². The molecule has 6 heteroatoms. The number of aliphatic hydroxyl groups excluding tert-OH is 1. The number of benzene rings is 1. The summed E-state index contributed by atoms with van der Waals surface area (Å²) in [5, 5.41) is 18.0. The number of aliphatic carboxylic acids is 1. The number of hydrogen-bond acceptors (Lipinski definition) is 2. The predicted molar refractivity (Wildman–Crippen MR) is 54.0 cm³/mol. The zero-order valence-corrected chi connectivity index (χ0v) is 8.84. The van der Waals surface area contributed by atoms with Crippen molar-refractivity contribution >= 4 is 29.2 Å². The molecule has 0 saturated heterocycles. The Morgan fingerprint density at radius 2 is 1.93 bits per heavy atom. The van der Waals surface area contributed by atoms with Crippen molar-refractivity contribution in [1.29, 1.82) is 0 Å². The molecule has 1 rings (SSSR count). The quantitative estimate of drug-likeness (QED) is 0.869. The number of rotatable bonds is 3. The molecule has 15 heavy (non-hydrogen) atoms. The van der Waals surface area contributed by atoms with E-state index < -0.39 is 18.2 Å². The van der Waals surface area contributed by atoms with Gasteiger partial charge in [-0.15, -0.1) is 0 Å². The maximum absolute atomic E-state index is 12.9. The van der Waals surface area contributed by atoms with Crippen LogP contribution in [0.3, 0.4) is 0 Å². The van der Waals surface area contributed by atoms with Gasteiger partial charge in [-0.3, -0.25) is 0 Å². The molecule has 0 saturated carbocycles. The molecule has 0 aliphatic rings. The smallest absolute Gasteiger partial charge is 0.341 e. The third-order valence-electron chi connectivity index (χ3n) is 1.80. The second-order valence-corrected chi connectivity index (χ2v) is 3.67. The van der Waals surface area contributed by atoms with E-state index in [0.29, 0.717) is 0 Å². The average molecular weight is 253 g/mol. The van der Waals surface area contributed by atoms with Crippen molar-refractivity contribution in [2.24, 2.45) is 0 Å². The molecule has 0 radical (unpaired) electrons. The summed E-state index contributed by atoms with van der Waals surface area (Å²) in [7, 11) is 0. The predicted octanol–water partition coefficient (Wildman–Crippen LogP) is 2.45. The highest BCUT2D eigenvalue weighted by Crippen LogP contribution is 2.27. The van der Waals surface area contributed by atoms with Crippen LogP contribution >= 0.6 is 23.2 Å². The molecule has 0 amide bonds. The van der Waals surface area contributed by atoms with Gasteiger partial charge < -0.3 is 10.2 Å². The normalized spacial score (nSPS) is 14.7. The van der Waals surface area contributed by atoms with Gasteiger partial charge in [0.1, 0.15) is 6.10 Å². The zero-order valence-electron chi connectivity index (χ0n) is 7.32. The van der Waals surface area contributed by atoms with Gasteiger partial charge in [-0.2, -0.15) is 0 Å². The highest BCUT2D eigenvalue weighted by molar-refractivity contribution is 6.42. The van der Waals surface area contributed by atoms with Crippen molar-refractivity contribution in [2.75, 3.05) is 0 Å². The molecule has 0 aliphatic heterocycles. The summed E-state index contributed by atoms with van der Waals surface area (Å²) >= 11 is 11.2. The van der Waals surface area contributed by atoms with Crippen molar-refractivity contribution in [3.8, 4) is 0 Å². The monoisotopic (exact) mass is 252 g/mol. The van der Waals surface area contributed by atoms with Crippen LogP contribution in [0.15, 0.2) is 18.2 Å². The van der Waals surface area contributed by atoms with Gasteiger partial charge in [-0.25, -0.2) is 9.18 Å². The Bertz CT molecular complexity index is 384. The molecule has 3 nitrogen and oxygen atoms in total. The van der Waals surface area contributed by atoms with Crippen molar-refractivity contribution in [3.05, 3.63) is 33.8 Å². The summed E-state index contributed by atoms with van der Waals surface area (Å²) in [6.45, 7) is 0. The van der Waals surface area contributed by atoms with E-state index in [2.05, 4.69) is 0 Å². The number of carboxylic acids is 1. The summed E-state index contributed by atoms with van der Waals surface area (Å²) < 4.78 is 12.9. The highest BCUT2D eigenvalue weighted by Gasteiger charge is 2.27. The molecule has 1 aromatic carbocycles. The maximum atomic E-state index is 12.9. The Kier molecular flexibility index (Phi) is 3.90. The van der Waals surface area contributed by atoms with Crippen molar-refractivity contribution in [1.82, 2.24) is 0 Å². The Labute approximate surface area is 95.0 Å². The zero-order chi connectivity index (χ0) is 11.6.